The zero-order valence-electron chi connectivity index (χ0n) is 14.3. The Kier molecular flexibility index (Phi) is 4.53. The first kappa shape index (κ1) is 17.4. The molecule has 0 fully saturated rings. The van der Waals surface area contributed by atoms with Gasteiger partial charge in [0.15, 0.2) is 6.10 Å². The smallest absolute Gasteiger partial charge is 0.269 e. The minimum atomic E-state index is -3.73. The SMILES string of the molecule is Cc1ccc(C)c(S(=O)(=O)NCC2Oc3ccccc3N(C)C2=O)c1. The van der Waals surface area contributed by atoms with Crippen LogP contribution < -0.4 is 14.4 Å². The van der Waals surface area contributed by atoms with E-state index in [1.165, 1.54) is 4.90 Å². The molecule has 132 valence electrons. The number of carbonyl (C=O) groups is 1. The maximum atomic E-state index is 12.6. The number of benzene rings is 2. The van der Waals surface area contributed by atoms with Crippen LogP contribution >= 0.6 is 0 Å². The molecule has 1 aliphatic rings. The van der Waals surface area contributed by atoms with Crippen LogP contribution in [0.3, 0.4) is 0 Å². The molecule has 7 heteroatoms. The van der Waals surface area contributed by atoms with Gasteiger partial charge in [0.1, 0.15) is 5.75 Å². The number of carbonyl (C=O) groups excluding carboxylic acids is 1. The molecule has 1 amide bonds. The maximum Gasteiger partial charge on any atom is 0.269 e. The quantitative estimate of drug-likeness (QED) is 0.905. The maximum absolute atomic E-state index is 12.6. The summed E-state index contributed by atoms with van der Waals surface area (Å²) in [7, 11) is -2.08. The monoisotopic (exact) mass is 360 g/mol. The van der Waals surface area contributed by atoms with E-state index >= 15 is 0 Å². The Bertz CT molecular complexity index is 924. The number of aryl methyl sites for hydroxylation is 2. The molecule has 0 radical (unpaired) electrons. The lowest BCUT2D eigenvalue weighted by atomic mass is 10.2. The van der Waals surface area contributed by atoms with E-state index in [1.807, 2.05) is 19.1 Å². The van der Waals surface area contributed by atoms with E-state index in [4.69, 9.17) is 4.74 Å². The van der Waals surface area contributed by atoms with Crippen LogP contribution in [-0.2, 0) is 14.8 Å². The number of anilines is 1. The van der Waals surface area contributed by atoms with Crippen molar-refractivity contribution < 1.29 is 17.9 Å². The lowest BCUT2D eigenvalue weighted by Crippen LogP contribution is -2.49. The molecule has 0 saturated heterocycles. The summed E-state index contributed by atoms with van der Waals surface area (Å²) in [5, 5.41) is 0. The summed E-state index contributed by atoms with van der Waals surface area (Å²) < 4.78 is 33.4. The second-order valence-corrected chi connectivity index (χ2v) is 7.83. The number of nitrogens with zero attached hydrogens (tertiary/aromatic N) is 1. The van der Waals surface area contributed by atoms with E-state index in [1.54, 1.807) is 44.3 Å². The Morgan fingerprint density at radius 2 is 1.88 bits per heavy atom. The number of sulfonamides is 1. The highest BCUT2D eigenvalue weighted by molar-refractivity contribution is 7.89. The van der Waals surface area contributed by atoms with Crippen molar-refractivity contribution in [1.29, 1.82) is 0 Å². The zero-order chi connectivity index (χ0) is 18.2. The van der Waals surface area contributed by atoms with Gasteiger partial charge in [-0.15, -0.1) is 0 Å². The molecular formula is C18H20N2O4S. The van der Waals surface area contributed by atoms with Crippen LogP contribution in [0.15, 0.2) is 47.4 Å². The molecule has 1 atom stereocenters. The first-order valence-electron chi connectivity index (χ1n) is 7.90. The van der Waals surface area contributed by atoms with Crippen LogP contribution in [0.25, 0.3) is 0 Å². The largest absolute Gasteiger partial charge is 0.477 e. The number of nitrogens with one attached hydrogen (secondary N) is 1. The number of rotatable bonds is 4. The summed E-state index contributed by atoms with van der Waals surface area (Å²) in [5.74, 6) is 0.267. The van der Waals surface area contributed by atoms with Crippen LogP contribution in [0.1, 0.15) is 11.1 Å². The number of hydrogen-bond donors (Lipinski definition) is 1. The zero-order valence-corrected chi connectivity index (χ0v) is 15.1. The van der Waals surface area contributed by atoms with Crippen LogP contribution in [0.2, 0.25) is 0 Å². The van der Waals surface area contributed by atoms with E-state index < -0.39 is 16.1 Å². The second kappa shape index (κ2) is 6.50. The summed E-state index contributed by atoms with van der Waals surface area (Å²) >= 11 is 0. The van der Waals surface area contributed by atoms with Gasteiger partial charge in [0.25, 0.3) is 5.91 Å². The van der Waals surface area contributed by atoms with Crippen LogP contribution in [0.5, 0.6) is 5.75 Å². The van der Waals surface area contributed by atoms with Gasteiger partial charge in [0.2, 0.25) is 10.0 Å². The average Bonchev–Trinajstić information content (AvgIpc) is 2.59. The van der Waals surface area contributed by atoms with E-state index in [-0.39, 0.29) is 17.3 Å². The van der Waals surface area contributed by atoms with Crippen molar-refractivity contribution in [2.75, 3.05) is 18.5 Å². The third kappa shape index (κ3) is 3.38. The third-order valence-corrected chi connectivity index (χ3v) is 5.76. The molecule has 2 aromatic carbocycles. The van der Waals surface area contributed by atoms with Crippen molar-refractivity contribution in [1.82, 2.24) is 4.72 Å². The fourth-order valence-electron chi connectivity index (χ4n) is 2.76. The van der Waals surface area contributed by atoms with Gasteiger partial charge in [0, 0.05) is 7.05 Å². The summed E-state index contributed by atoms with van der Waals surface area (Å²) in [6.07, 6.45) is -0.903. The van der Waals surface area contributed by atoms with Crippen LogP contribution in [0, 0.1) is 13.8 Å². The van der Waals surface area contributed by atoms with Gasteiger partial charge in [-0.3, -0.25) is 4.79 Å². The van der Waals surface area contributed by atoms with E-state index in [0.717, 1.165) is 5.56 Å². The van der Waals surface area contributed by atoms with Crippen LogP contribution in [-0.4, -0.2) is 34.0 Å². The third-order valence-electron chi connectivity index (χ3n) is 4.19. The van der Waals surface area contributed by atoms with Gasteiger partial charge < -0.3 is 9.64 Å². The molecule has 3 rings (SSSR count). The van der Waals surface area contributed by atoms with Crippen molar-refractivity contribution in [3.05, 3.63) is 53.6 Å². The average molecular weight is 360 g/mol. The predicted molar refractivity (Wildman–Crippen MR) is 95.4 cm³/mol. The van der Waals surface area contributed by atoms with Gasteiger partial charge >= 0.3 is 0 Å². The highest BCUT2D eigenvalue weighted by Crippen LogP contribution is 2.32. The first-order chi connectivity index (χ1) is 11.8. The minimum Gasteiger partial charge on any atom is -0.477 e. The normalized spacial score (nSPS) is 17.2. The molecule has 1 unspecified atom stereocenters. The first-order valence-corrected chi connectivity index (χ1v) is 9.38. The predicted octanol–water partition coefficient (Wildman–Crippen LogP) is 2.01. The number of amides is 1. The van der Waals surface area contributed by atoms with Crippen molar-refractivity contribution in [3.8, 4) is 5.75 Å². The number of fused-ring (bicyclic) bond motifs is 1. The van der Waals surface area contributed by atoms with E-state index in [0.29, 0.717) is 17.0 Å². The highest BCUT2D eigenvalue weighted by Gasteiger charge is 2.33. The molecule has 0 spiro atoms. The number of para-hydroxylation sites is 2. The molecule has 1 heterocycles. The molecule has 1 aliphatic heterocycles. The molecule has 0 aromatic heterocycles. The standard InChI is InChI=1S/C18H20N2O4S/c1-12-8-9-13(2)17(10-12)25(22,23)19-11-16-18(21)20(3)14-6-4-5-7-15(14)24-16/h4-10,16,19H,11H2,1-3H3. The summed E-state index contributed by atoms with van der Waals surface area (Å²) in [4.78, 5) is 14.1. The topological polar surface area (TPSA) is 75.7 Å². The highest BCUT2D eigenvalue weighted by atomic mass is 32.2. The molecule has 0 saturated carbocycles. The number of hydrogen-bond acceptors (Lipinski definition) is 4. The number of likely N-dealkylation sites (N-methyl/N-ethyl adjacent to an activating group) is 1. The Morgan fingerprint density at radius 3 is 2.64 bits per heavy atom. The fourth-order valence-corrected chi connectivity index (χ4v) is 4.12. The van der Waals surface area contributed by atoms with Crippen molar-refractivity contribution in [3.63, 3.8) is 0 Å². The molecule has 0 bridgehead atoms. The molecular weight excluding hydrogens is 340 g/mol. The van der Waals surface area contributed by atoms with Gasteiger partial charge in [0.05, 0.1) is 17.1 Å². The van der Waals surface area contributed by atoms with Crippen LogP contribution in [0.4, 0.5) is 5.69 Å². The summed E-state index contributed by atoms with van der Waals surface area (Å²) in [6.45, 7) is 3.44. The van der Waals surface area contributed by atoms with E-state index in [9.17, 15) is 13.2 Å². The Morgan fingerprint density at radius 1 is 1.16 bits per heavy atom. The summed E-state index contributed by atoms with van der Waals surface area (Å²) in [6, 6.07) is 12.4. The number of ether oxygens (including phenoxy) is 1. The second-order valence-electron chi connectivity index (χ2n) is 6.09. The fraction of sp³-hybridized carbons (Fsp3) is 0.278. The Hall–Kier alpha value is -2.38. The van der Waals surface area contributed by atoms with Crippen molar-refractivity contribution in [2.45, 2.75) is 24.8 Å². The lowest BCUT2D eigenvalue weighted by Gasteiger charge is -2.31. The molecule has 25 heavy (non-hydrogen) atoms. The molecule has 1 N–H and O–H groups in total. The Balaban J connectivity index is 1.79. The van der Waals surface area contributed by atoms with Gasteiger partial charge in [-0.25, -0.2) is 13.1 Å². The van der Waals surface area contributed by atoms with E-state index in [2.05, 4.69) is 4.72 Å². The lowest BCUT2D eigenvalue weighted by molar-refractivity contribution is -0.125. The molecule has 6 nitrogen and oxygen atoms in total. The van der Waals surface area contributed by atoms with Gasteiger partial charge in [-0.05, 0) is 43.2 Å². The van der Waals surface area contributed by atoms with Gasteiger partial charge in [-0.1, -0.05) is 24.3 Å². The van der Waals surface area contributed by atoms with Gasteiger partial charge in [-0.2, -0.15) is 0 Å². The molecule has 0 aliphatic carbocycles. The minimum absolute atomic E-state index is 0.132. The van der Waals surface area contributed by atoms with Crippen molar-refractivity contribution >= 4 is 21.6 Å². The Labute approximate surface area is 147 Å². The molecule has 2 aromatic rings. The van der Waals surface area contributed by atoms with Crippen molar-refractivity contribution in [2.24, 2.45) is 0 Å². The summed E-state index contributed by atoms with van der Waals surface area (Å²) in [5.41, 5.74) is 2.17.